The molecule has 2 aromatic heterocycles. The number of hydrogen-bond acceptors (Lipinski definition) is 5. The minimum atomic E-state index is -0.0754. The number of nitrogens with zero attached hydrogens (tertiary/aromatic N) is 2. The predicted octanol–water partition coefficient (Wildman–Crippen LogP) is 4.47. The van der Waals surface area contributed by atoms with Gasteiger partial charge in [-0.2, -0.15) is 0 Å². The Balaban J connectivity index is 1.56. The SMILES string of the molecule is O=C1c2sc3nc4n(c(=O)c3c2CCC1Sc1ccccc1)CCCCC4. The summed E-state index contributed by atoms with van der Waals surface area (Å²) >= 11 is 3.06. The van der Waals surface area contributed by atoms with E-state index in [4.69, 9.17) is 4.98 Å². The first kappa shape index (κ1) is 17.2. The zero-order valence-electron chi connectivity index (χ0n) is 14.9. The molecule has 1 aliphatic carbocycles. The number of benzene rings is 1. The summed E-state index contributed by atoms with van der Waals surface area (Å²) in [7, 11) is 0. The average Bonchev–Trinajstić information content (AvgIpc) is 2.89. The Labute approximate surface area is 165 Å². The third kappa shape index (κ3) is 2.95. The number of ketones is 1. The van der Waals surface area contributed by atoms with Crippen molar-refractivity contribution >= 4 is 39.1 Å². The standard InChI is InChI=1S/C21H20N2O2S2/c24-18-15(26-13-7-3-1-4-8-13)11-10-14-17-20(27-19(14)18)22-16-9-5-2-6-12-23(16)21(17)25/h1,3-4,7-8,15H,2,5-6,9-12H2. The molecule has 27 heavy (non-hydrogen) atoms. The Morgan fingerprint density at radius 3 is 2.78 bits per heavy atom. The quantitative estimate of drug-likeness (QED) is 0.641. The van der Waals surface area contributed by atoms with Crippen LogP contribution in [-0.2, 0) is 19.4 Å². The van der Waals surface area contributed by atoms with Crippen molar-refractivity contribution in [3.8, 4) is 0 Å². The number of carbonyl (C=O) groups excluding carboxylic acids is 1. The van der Waals surface area contributed by atoms with Crippen LogP contribution in [0.25, 0.3) is 10.2 Å². The molecule has 0 saturated carbocycles. The highest BCUT2D eigenvalue weighted by molar-refractivity contribution is 8.00. The Morgan fingerprint density at radius 1 is 1.07 bits per heavy atom. The number of carbonyl (C=O) groups is 1. The van der Waals surface area contributed by atoms with Gasteiger partial charge in [-0.25, -0.2) is 4.98 Å². The highest BCUT2D eigenvalue weighted by atomic mass is 32.2. The van der Waals surface area contributed by atoms with E-state index in [-0.39, 0.29) is 16.6 Å². The summed E-state index contributed by atoms with van der Waals surface area (Å²) in [5.41, 5.74) is 1.01. The van der Waals surface area contributed by atoms with Crippen LogP contribution < -0.4 is 5.56 Å². The van der Waals surface area contributed by atoms with Gasteiger partial charge in [-0.05, 0) is 43.4 Å². The van der Waals surface area contributed by atoms with Gasteiger partial charge in [0.1, 0.15) is 10.7 Å². The van der Waals surface area contributed by atoms with Gasteiger partial charge in [-0.15, -0.1) is 23.1 Å². The molecule has 0 radical (unpaired) electrons. The Morgan fingerprint density at radius 2 is 1.93 bits per heavy atom. The second-order valence-corrected chi connectivity index (χ2v) is 9.48. The summed E-state index contributed by atoms with van der Waals surface area (Å²) in [6, 6.07) is 10.1. The van der Waals surface area contributed by atoms with E-state index in [1.165, 1.54) is 11.3 Å². The zero-order chi connectivity index (χ0) is 18.4. The maximum absolute atomic E-state index is 13.2. The molecule has 138 valence electrons. The largest absolute Gasteiger partial charge is 0.296 e. The second kappa shape index (κ2) is 6.91. The lowest BCUT2D eigenvalue weighted by Gasteiger charge is -2.20. The van der Waals surface area contributed by atoms with Crippen LogP contribution in [-0.4, -0.2) is 20.6 Å². The molecule has 0 spiro atoms. The summed E-state index contributed by atoms with van der Waals surface area (Å²) in [6.45, 7) is 0.752. The van der Waals surface area contributed by atoms with Gasteiger partial charge in [0, 0.05) is 17.9 Å². The monoisotopic (exact) mass is 396 g/mol. The molecule has 1 atom stereocenters. The molecule has 0 saturated heterocycles. The van der Waals surface area contributed by atoms with Gasteiger partial charge in [-0.3, -0.25) is 14.2 Å². The van der Waals surface area contributed by atoms with Crippen molar-refractivity contribution in [2.24, 2.45) is 0 Å². The summed E-state index contributed by atoms with van der Waals surface area (Å²) in [5.74, 6) is 1.05. The van der Waals surface area contributed by atoms with Crippen LogP contribution in [0.5, 0.6) is 0 Å². The molecule has 1 aliphatic heterocycles. The van der Waals surface area contributed by atoms with Crippen LogP contribution in [0.1, 0.15) is 46.7 Å². The van der Waals surface area contributed by atoms with Crippen LogP contribution in [0.4, 0.5) is 0 Å². The summed E-state index contributed by atoms with van der Waals surface area (Å²) in [5, 5.41) is 0.630. The molecule has 3 heterocycles. The van der Waals surface area contributed by atoms with Crippen molar-refractivity contribution in [2.45, 2.75) is 55.2 Å². The van der Waals surface area contributed by atoms with Gasteiger partial charge in [0.15, 0.2) is 5.78 Å². The van der Waals surface area contributed by atoms with Crippen molar-refractivity contribution in [3.05, 3.63) is 57.0 Å². The Kier molecular flexibility index (Phi) is 4.40. The van der Waals surface area contributed by atoms with Gasteiger partial charge in [0.05, 0.1) is 15.5 Å². The molecule has 0 N–H and O–H groups in total. The van der Waals surface area contributed by atoms with Gasteiger partial charge in [0.25, 0.3) is 5.56 Å². The molecule has 4 nitrogen and oxygen atoms in total. The molecule has 1 unspecified atom stereocenters. The fourth-order valence-corrected chi connectivity index (χ4v) is 6.50. The maximum atomic E-state index is 13.2. The first-order valence-electron chi connectivity index (χ1n) is 9.53. The Hall–Kier alpha value is -1.92. The van der Waals surface area contributed by atoms with E-state index in [0.29, 0.717) is 5.39 Å². The van der Waals surface area contributed by atoms with Crippen LogP contribution in [0, 0.1) is 0 Å². The Bertz CT molecular complexity index is 1080. The van der Waals surface area contributed by atoms with Crippen LogP contribution in [0.2, 0.25) is 0 Å². The minimum Gasteiger partial charge on any atom is -0.296 e. The van der Waals surface area contributed by atoms with E-state index < -0.39 is 0 Å². The van der Waals surface area contributed by atoms with E-state index in [1.54, 1.807) is 11.8 Å². The lowest BCUT2D eigenvalue weighted by Crippen LogP contribution is -2.27. The van der Waals surface area contributed by atoms with E-state index in [1.807, 2.05) is 34.9 Å². The number of hydrogen-bond donors (Lipinski definition) is 0. The minimum absolute atomic E-state index is 0.0661. The third-order valence-corrected chi connectivity index (χ3v) is 7.89. The first-order chi connectivity index (χ1) is 13.2. The smallest absolute Gasteiger partial charge is 0.262 e. The van der Waals surface area contributed by atoms with E-state index in [2.05, 4.69) is 0 Å². The van der Waals surface area contributed by atoms with Crippen molar-refractivity contribution < 1.29 is 4.79 Å². The highest BCUT2D eigenvalue weighted by Gasteiger charge is 2.33. The molecule has 3 aromatic rings. The van der Waals surface area contributed by atoms with Crippen molar-refractivity contribution in [1.29, 1.82) is 0 Å². The number of thioether (sulfide) groups is 1. The van der Waals surface area contributed by atoms with Crippen molar-refractivity contribution in [2.75, 3.05) is 0 Å². The van der Waals surface area contributed by atoms with Crippen LogP contribution >= 0.6 is 23.1 Å². The molecule has 5 rings (SSSR count). The number of rotatable bonds is 2. The predicted molar refractivity (Wildman–Crippen MR) is 110 cm³/mol. The fourth-order valence-electron chi connectivity index (χ4n) is 4.10. The van der Waals surface area contributed by atoms with Crippen molar-refractivity contribution in [1.82, 2.24) is 9.55 Å². The molecule has 0 fully saturated rings. The summed E-state index contributed by atoms with van der Waals surface area (Å²) in [6.07, 6.45) is 5.67. The number of aryl methyl sites for hydroxylation is 2. The zero-order valence-corrected chi connectivity index (χ0v) is 16.6. The van der Waals surface area contributed by atoms with Gasteiger partial charge >= 0.3 is 0 Å². The van der Waals surface area contributed by atoms with Gasteiger partial charge < -0.3 is 0 Å². The molecule has 6 heteroatoms. The van der Waals surface area contributed by atoms with E-state index >= 15 is 0 Å². The second-order valence-electron chi connectivity index (χ2n) is 7.21. The normalized spacial score (nSPS) is 19.6. The highest BCUT2D eigenvalue weighted by Crippen LogP contribution is 2.39. The van der Waals surface area contributed by atoms with Crippen molar-refractivity contribution in [3.63, 3.8) is 0 Å². The molecular weight excluding hydrogens is 376 g/mol. The van der Waals surface area contributed by atoms with E-state index in [9.17, 15) is 9.59 Å². The van der Waals surface area contributed by atoms with Crippen LogP contribution in [0.3, 0.4) is 0 Å². The molecular formula is C21H20N2O2S2. The van der Waals surface area contributed by atoms with E-state index in [0.717, 1.165) is 71.1 Å². The van der Waals surface area contributed by atoms with Crippen LogP contribution in [0.15, 0.2) is 40.0 Å². The van der Waals surface area contributed by atoms with Gasteiger partial charge in [-0.1, -0.05) is 24.6 Å². The topological polar surface area (TPSA) is 52.0 Å². The number of Topliss-reactive ketones (excluding diaryl/α,β-unsaturated/α-hetero) is 1. The third-order valence-electron chi connectivity index (χ3n) is 5.47. The van der Waals surface area contributed by atoms with Gasteiger partial charge in [0.2, 0.25) is 0 Å². The first-order valence-corrected chi connectivity index (χ1v) is 11.2. The maximum Gasteiger partial charge on any atom is 0.262 e. The summed E-state index contributed by atoms with van der Waals surface area (Å²) in [4.78, 5) is 33.7. The number of aromatic nitrogens is 2. The summed E-state index contributed by atoms with van der Waals surface area (Å²) < 4.78 is 1.86. The molecule has 0 bridgehead atoms. The molecule has 2 aliphatic rings. The number of fused-ring (bicyclic) bond motifs is 4. The lowest BCUT2D eigenvalue weighted by atomic mass is 9.95. The fraction of sp³-hybridized carbons (Fsp3) is 0.381. The number of thiophene rings is 1. The molecule has 1 aromatic carbocycles. The molecule has 0 amide bonds. The lowest BCUT2D eigenvalue weighted by molar-refractivity contribution is 0.0984. The average molecular weight is 397 g/mol.